The molecule has 8 heteroatoms. The van der Waals surface area contributed by atoms with Crippen molar-refractivity contribution in [3.63, 3.8) is 0 Å². The highest BCUT2D eigenvalue weighted by Crippen LogP contribution is 2.38. The highest BCUT2D eigenvalue weighted by molar-refractivity contribution is 7.18. The summed E-state index contributed by atoms with van der Waals surface area (Å²) in [4.78, 5) is 12.9. The van der Waals surface area contributed by atoms with Gasteiger partial charge in [0.2, 0.25) is 0 Å². The Bertz CT molecular complexity index is 796. The van der Waals surface area contributed by atoms with Crippen molar-refractivity contribution < 1.29 is 9.53 Å². The van der Waals surface area contributed by atoms with E-state index in [1.165, 1.54) is 11.3 Å². The summed E-state index contributed by atoms with van der Waals surface area (Å²) in [6, 6.07) is 7.52. The van der Waals surface area contributed by atoms with Crippen LogP contribution in [0, 0.1) is 0 Å². The monoisotopic (exact) mass is 378 g/mol. The summed E-state index contributed by atoms with van der Waals surface area (Å²) in [5.74, 6) is 0.526. The number of nitrogens with two attached hydrogens (primary N) is 3. The van der Waals surface area contributed by atoms with Gasteiger partial charge in [0.25, 0.3) is 5.91 Å². The van der Waals surface area contributed by atoms with E-state index in [0.717, 1.165) is 16.9 Å². The fourth-order valence-corrected chi connectivity index (χ4v) is 3.43. The van der Waals surface area contributed by atoms with Crippen LogP contribution in [0.4, 0.5) is 10.7 Å². The molecule has 25 heavy (non-hydrogen) atoms. The third-order valence-electron chi connectivity index (χ3n) is 3.77. The number of allylic oxidation sites excluding steroid dienone is 2. The lowest BCUT2D eigenvalue weighted by atomic mass is 10.1. The number of hydrogen-bond acceptors (Lipinski definition) is 6. The average molecular weight is 378 g/mol. The van der Waals surface area contributed by atoms with E-state index in [2.05, 4.69) is 14.6 Å². The molecular weight excluding hydrogens is 355 g/mol. The summed E-state index contributed by atoms with van der Waals surface area (Å²) >= 11 is 1.17. The molecule has 2 aromatic rings. The summed E-state index contributed by atoms with van der Waals surface area (Å²) in [5.41, 5.74) is 21.4. The Balaban J connectivity index is 2.11. The van der Waals surface area contributed by atoms with Crippen LogP contribution in [0.3, 0.4) is 0 Å². The first-order chi connectivity index (χ1) is 11.8. The number of nitrogens with one attached hydrogen (secondary N) is 1. The van der Waals surface area contributed by atoms with Crippen LogP contribution in [0.5, 0.6) is 5.75 Å². The van der Waals surface area contributed by atoms with E-state index < -0.39 is 0 Å². The van der Waals surface area contributed by atoms with Gasteiger partial charge in [-0.15, -0.1) is 11.3 Å². The highest BCUT2D eigenvalue weighted by atomic mass is 32.1. The Morgan fingerprint density at radius 1 is 1.24 bits per heavy atom. The second-order valence-corrected chi connectivity index (χ2v) is 6.92. The van der Waals surface area contributed by atoms with Gasteiger partial charge in [0, 0.05) is 17.8 Å². The number of carbonyl (C=O) groups is 1. The minimum atomic E-state index is -0.256. The van der Waals surface area contributed by atoms with Crippen LogP contribution in [0.25, 0.3) is 5.57 Å². The molecule has 1 amide bonds. The minimum Gasteiger partial charge on any atom is -0.490 e. The molecule has 6 nitrogen and oxygen atoms in total. The third-order valence-corrected chi connectivity index (χ3v) is 4.97. The first-order valence-electron chi connectivity index (χ1n) is 7.66. The first kappa shape index (κ1) is 19.1. The van der Waals surface area contributed by atoms with Gasteiger partial charge in [-0.05, 0) is 37.1 Å². The van der Waals surface area contributed by atoms with E-state index in [1.54, 1.807) is 6.92 Å². The summed E-state index contributed by atoms with van der Waals surface area (Å²) in [5, 5.41) is 3.35. The summed E-state index contributed by atoms with van der Waals surface area (Å²) < 4.78 is 5.36. The molecule has 0 aliphatic heterocycles. The van der Waals surface area contributed by atoms with Gasteiger partial charge in [0.1, 0.15) is 17.0 Å². The van der Waals surface area contributed by atoms with Crippen molar-refractivity contribution in [2.75, 3.05) is 17.8 Å². The van der Waals surface area contributed by atoms with Gasteiger partial charge < -0.3 is 27.3 Å². The molecule has 0 saturated carbocycles. The molecule has 1 atom stereocenters. The normalized spacial score (nSPS) is 11.8. The van der Waals surface area contributed by atoms with Crippen molar-refractivity contribution in [3.05, 3.63) is 46.0 Å². The largest absolute Gasteiger partial charge is 0.490 e. The summed E-state index contributed by atoms with van der Waals surface area (Å²) in [6.45, 7) is 4.00. The van der Waals surface area contributed by atoms with Gasteiger partial charge in [-0.25, -0.2) is 0 Å². The number of nitrogen functional groups attached to an aromatic ring is 2. The van der Waals surface area contributed by atoms with Crippen LogP contribution in [-0.4, -0.2) is 12.3 Å². The summed E-state index contributed by atoms with van der Waals surface area (Å²) in [7, 11) is 2.50. The molecule has 0 fully saturated rings. The zero-order valence-corrected chi connectivity index (χ0v) is 16.2. The lowest BCUT2D eigenvalue weighted by Gasteiger charge is -2.07. The standard InChI is InChI=1S/C17H23N4O2PS/c1-9(10(2)18)13-14(19)15(25-16(13)20)17(22)21-7-11-3-5-12(6-4-11)23-8-24/h3-6H,7-8,18-20,24H2,1-2H3,(H,21,22)/b10-9-. The molecular formula is C17H23N4O2PS. The fourth-order valence-electron chi connectivity index (χ4n) is 2.28. The Morgan fingerprint density at radius 3 is 2.44 bits per heavy atom. The Kier molecular flexibility index (Phi) is 6.28. The van der Waals surface area contributed by atoms with Crippen LogP contribution >= 0.6 is 20.6 Å². The van der Waals surface area contributed by atoms with Crippen molar-refractivity contribution >= 4 is 42.7 Å². The number of benzene rings is 1. The van der Waals surface area contributed by atoms with Crippen molar-refractivity contribution in [3.8, 4) is 5.75 Å². The third kappa shape index (κ3) is 4.44. The number of thiophene rings is 1. The Labute approximate surface area is 153 Å². The lowest BCUT2D eigenvalue weighted by Crippen LogP contribution is -2.22. The van der Waals surface area contributed by atoms with E-state index in [1.807, 2.05) is 31.2 Å². The molecule has 1 heterocycles. The number of hydrogen-bond donors (Lipinski definition) is 4. The summed E-state index contributed by atoms with van der Waals surface area (Å²) in [6.07, 6.45) is 0.535. The van der Waals surface area contributed by atoms with Crippen molar-refractivity contribution in [2.24, 2.45) is 5.73 Å². The first-order valence-corrected chi connectivity index (χ1v) is 9.29. The molecule has 0 aliphatic carbocycles. The second-order valence-electron chi connectivity index (χ2n) is 5.53. The van der Waals surface area contributed by atoms with Crippen LogP contribution in [-0.2, 0) is 6.54 Å². The van der Waals surface area contributed by atoms with E-state index >= 15 is 0 Å². The van der Waals surface area contributed by atoms with Gasteiger partial charge in [0.15, 0.2) is 0 Å². The number of anilines is 2. The van der Waals surface area contributed by atoms with Crippen LogP contribution < -0.4 is 27.3 Å². The zero-order valence-electron chi connectivity index (χ0n) is 14.3. The predicted molar refractivity (Wildman–Crippen MR) is 108 cm³/mol. The quantitative estimate of drug-likeness (QED) is 0.577. The topological polar surface area (TPSA) is 116 Å². The van der Waals surface area contributed by atoms with Crippen LogP contribution in [0.2, 0.25) is 0 Å². The number of amides is 1. The smallest absolute Gasteiger partial charge is 0.263 e. The molecule has 1 unspecified atom stereocenters. The van der Waals surface area contributed by atoms with Crippen LogP contribution in [0.15, 0.2) is 30.0 Å². The zero-order chi connectivity index (χ0) is 18.6. The van der Waals surface area contributed by atoms with Gasteiger partial charge in [0.05, 0.1) is 10.7 Å². The minimum absolute atomic E-state index is 0.256. The molecule has 2 rings (SSSR count). The molecule has 7 N–H and O–H groups in total. The van der Waals surface area contributed by atoms with Crippen molar-refractivity contribution in [1.29, 1.82) is 0 Å². The molecule has 0 saturated heterocycles. The maximum atomic E-state index is 12.5. The van der Waals surface area contributed by atoms with Crippen molar-refractivity contribution in [2.45, 2.75) is 20.4 Å². The molecule has 0 spiro atoms. The Hall–Kier alpha value is -2.24. The van der Waals surface area contributed by atoms with E-state index in [-0.39, 0.29) is 5.91 Å². The number of ether oxygens (including phenoxy) is 1. The van der Waals surface area contributed by atoms with Crippen LogP contribution in [0.1, 0.15) is 34.6 Å². The molecule has 0 radical (unpaired) electrons. The maximum Gasteiger partial charge on any atom is 0.263 e. The number of rotatable bonds is 6. The fraction of sp³-hybridized carbons (Fsp3) is 0.235. The molecule has 134 valence electrons. The van der Waals surface area contributed by atoms with Gasteiger partial charge >= 0.3 is 0 Å². The average Bonchev–Trinajstić information content (AvgIpc) is 2.88. The van der Waals surface area contributed by atoms with E-state index in [0.29, 0.717) is 39.7 Å². The lowest BCUT2D eigenvalue weighted by molar-refractivity contribution is 0.0956. The second kappa shape index (κ2) is 8.23. The number of carbonyl (C=O) groups excluding carboxylic acids is 1. The maximum absolute atomic E-state index is 12.5. The van der Waals surface area contributed by atoms with E-state index in [9.17, 15) is 4.79 Å². The molecule has 0 aliphatic rings. The SMILES string of the molecule is C/C(N)=C(\C)c1c(N)sc(C(=O)NCc2ccc(OCP)cc2)c1N. The Morgan fingerprint density at radius 2 is 1.88 bits per heavy atom. The van der Waals surface area contributed by atoms with Gasteiger partial charge in [-0.2, -0.15) is 0 Å². The molecule has 1 aromatic carbocycles. The van der Waals surface area contributed by atoms with E-state index in [4.69, 9.17) is 21.9 Å². The molecule has 1 aromatic heterocycles. The highest BCUT2D eigenvalue weighted by Gasteiger charge is 2.21. The van der Waals surface area contributed by atoms with Gasteiger partial charge in [-0.1, -0.05) is 21.4 Å². The van der Waals surface area contributed by atoms with Gasteiger partial charge in [-0.3, -0.25) is 4.79 Å². The van der Waals surface area contributed by atoms with Crippen molar-refractivity contribution in [1.82, 2.24) is 5.32 Å². The molecule has 0 bridgehead atoms. The predicted octanol–water partition coefficient (Wildman–Crippen LogP) is 2.76.